The lowest BCUT2D eigenvalue weighted by molar-refractivity contribution is 0.480. The summed E-state index contributed by atoms with van der Waals surface area (Å²) in [4.78, 5) is 1.42. The molecule has 0 bridgehead atoms. The lowest BCUT2D eigenvalue weighted by Crippen LogP contribution is -2.29. The molecule has 0 aliphatic heterocycles. The van der Waals surface area contributed by atoms with Crippen molar-refractivity contribution >= 4 is 23.7 Å². The zero-order valence-corrected chi connectivity index (χ0v) is 13.4. The molecule has 1 unspecified atom stereocenters. The van der Waals surface area contributed by atoms with Gasteiger partial charge in [-0.25, -0.2) is 0 Å². The molecule has 0 fully saturated rings. The molecular weight excluding hydrogens is 274 g/mol. The van der Waals surface area contributed by atoms with Crippen molar-refractivity contribution < 1.29 is 0 Å². The Bertz CT molecular complexity index is 462. The molecule has 1 nitrogen and oxygen atoms in total. The molecule has 104 valence electrons. The molecule has 1 N–H and O–H groups in total. The van der Waals surface area contributed by atoms with Gasteiger partial charge in [-0.3, -0.25) is 0 Å². The highest BCUT2D eigenvalue weighted by Crippen LogP contribution is 2.23. The summed E-state index contributed by atoms with van der Waals surface area (Å²) >= 11 is 1.83. The zero-order valence-electron chi connectivity index (χ0n) is 11.7. The number of nitrogens with one attached hydrogen (secondary N) is 1. The van der Waals surface area contributed by atoms with Crippen molar-refractivity contribution in [3.8, 4) is 0 Å². The molecule has 1 aromatic heterocycles. The van der Waals surface area contributed by atoms with Crippen molar-refractivity contribution in [2.45, 2.75) is 39.3 Å². The number of hydrogen-bond acceptors (Lipinski definition) is 2. The Morgan fingerprint density at radius 3 is 2.32 bits per heavy atom. The third kappa shape index (κ3) is 4.98. The summed E-state index contributed by atoms with van der Waals surface area (Å²) < 4.78 is 0. The van der Waals surface area contributed by atoms with Gasteiger partial charge in [-0.05, 0) is 30.4 Å². The Labute approximate surface area is 126 Å². The summed E-state index contributed by atoms with van der Waals surface area (Å²) in [5.41, 5.74) is 2.72. The van der Waals surface area contributed by atoms with Gasteiger partial charge in [0.15, 0.2) is 0 Å². The van der Waals surface area contributed by atoms with E-state index in [0.717, 1.165) is 6.42 Å². The van der Waals surface area contributed by atoms with Crippen LogP contribution in [-0.4, -0.2) is 6.04 Å². The van der Waals surface area contributed by atoms with Crippen LogP contribution in [0.1, 0.15) is 35.9 Å². The van der Waals surface area contributed by atoms with Crippen molar-refractivity contribution in [3.63, 3.8) is 0 Å². The zero-order chi connectivity index (χ0) is 13.0. The fraction of sp³-hybridized carbons (Fsp3) is 0.375. The molecule has 1 atom stereocenters. The SMILES string of the molecule is Cc1ccc(CC(NC(C)C)c2cccs2)cc1.Cl. The number of thiophene rings is 1. The molecule has 0 saturated heterocycles. The van der Waals surface area contributed by atoms with E-state index >= 15 is 0 Å². The van der Waals surface area contributed by atoms with E-state index in [4.69, 9.17) is 0 Å². The van der Waals surface area contributed by atoms with Crippen LogP contribution in [0.4, 0.5) is 0 Å². The van der Waals surface area contributed by atoms with Gasteiger partial charge in [0, 0.05) is 17.0 Å². The molecule has 0 aliphatic rings. The lowest BCUT2D eigenvalue weighted by atomic mass is 10.0. The van der Waals surface area contributed by atoms with Crippen LogP contribution in [-0.2, 0) is 6.42 Å². The predicted molar refractivity (Wildman–Crippen MR) is 87.5 cm³/mol. The maximum Gasteiger partial charge on any atom is 0.0457 e. The van der Waals surface area contributed by atoms with E-state index in [1.54, 1.807) is 0 Å². The maximum atomic E-state index is 3.66. The first-order valence-electron chi connectivity index (χ1n) is 6.50. The highest BCUT2D eigenvalue weighted by atomic mass is 35.5. The first-order chi connectivity index (χ1) is 8.65. The Hall–Kier alpha value is -0.830. The minimum absolute atomic E-state index is 0. The van der Waals surface area contributed by atoms with E-state index in [1.165, 1.54) is 16.0 Å². The van der Waals surface area contributed by atoms with Crippen LogP contribution in [0.5, 0.6) is 0 Å². The van der Waals surface area contributed by atoms with Gasteiger partial charge < -0.3 is 5.32 Å². The number of halogens is 1. The molecule has 1 heterocycles. The number of hydrogen-bond donors (Lipinski definition) is 1. The molecule has 19 heavy (non-hydrogen) atoms. The van der Waals surface area contributed by atoms with Crippen molar-refractivity contribution in [3.05, 3.63) is 57.8 Å². The predicted octanol–water partition coefficient (Wildman–Crippen LogP) is 4.76. The van der Waals surface area contributed by atoms with Gasteiger partial charge in [0.05, 0.1) is 0 Å². The Kier molecular flexibility index (Phi) is 6.56. The highest BCUT2D eigenvalue weighted by molar-refractivity contribution is 7.10. The van der Waals surface area contributed by atoms with Crippen LogP contribution in [0.2, 0.25) is 0 Å². The summed E-state index contributed by atoms with van der Waals surface area (Å²) in [6, 6.07) is 14.1. The van der Waals surface area contributed by atoms with Gasteiger partial charge in [0.1, 0.15) is 0 Å². The van der Waals surface area contributed by atoms with E-state index in [2.05, 4.69) is 67.9 Å². The van der Waals surface area contributed by atoms with Crippen molar-refractivity contribution in [2.24, 2.45) is 0 Å². The molecular formula is C16H22ClNS. The lowest BCUT2D eigenvalue weighted by Gasteiger charge is -2.20. The summed E-state index contributed by atoms with van der Waals surface area (Å²) in [7, 11) is 0. The van der Waals surface area contributed by atoms with Gasteiger partial charge >= 0.3 is 0 Å². The summed E-state index contributed by atoms with van der Waals surface area (Å²) in [6.07, 6.45) is 1.05. The van der Waals surface area contributed by atoms with E-state index in [-0.39, 0.29) is 12.4 Å². The Morgan fingerprint density at radius 2 is 1.79 bits per heavy atom. The maximum absolute atomic E-state index is 3.66. The van der Waals surface area contributed by atoms with Gasteiger partial charge in [0.25, 0.3) is 0 Å². The van der Waals surface area contributed by atoms with Gasteiger partial charge in [-0.15, -0.1) is 23.7 Å². The van der Waals surface area contributed by atoms with Crippen LogP contribution >= 0.6 is 23.7 Å². The second kappa shape index (κ2) is 7.68. The van der Waals surface area contributed by atoms with Crippen LogP contribution in [0.25, 0.3) is 0 Å². The molecule has 2 aromatic rings. The summed E-state index contributed by atoms with van der Waals surface area (Å²) in [5, 5.41) is 5.81. The van der Waals surface area contributed by atoms with Crippen LogP contribution < -0.4 is 5.32 Å². The number of aryl methyl sites for hydroxylation is 1. The molecule has 0 amide bonds. The van der Waals surface area contributed by atoms with Crippen LogP contribution in [0, 0.1) is 6.92 Å². The van der Waals surface area contributed by atoms with Crippen LogP contribution in [0.3, 0.4) is 0 Å². The van der Waals surface area contributed by atoms with E-state index in [9.17, 15) is 0 Å². The third-order valence-corrected chi connectivity index (χ3v) is 3.97. The Morgan fingerprint density at radius 1 is 1.11 bits per heavy atom. The Balaban J connectivity index is 0.00000180. The van der Waals surface area contributed by atoms with Gasteiger partial charge in [-0.2, -0.15) is 0 Å². The molecule has 3 heteroatoms. The van der Waals surface area contributed by atoms with Gasteiger partial charge in [0.2, 0.25) is 0 Å². The van der Waals surface area contributed by atoms with Gasteiger partial charge in [-0.1, -0.05) is 49.7 Å². The minimum atomic E-state index is 0. The number of benzene rings is 1. The average Bonchev–Trinajstić information content (AvgIpc) is 2.84. The van der Waals surface area contributed by atoms with Crippen LogP contribution in [0.15, 0.2) is 41.8 Å². The van der Waals surface area contributed by atoms with E-state index in [1.807, 2.05) is 11.3 Å². The van der Waals surface area contributed by atoms with E-state index < -0.39 is 0 Å². The monoisotopic (exact) mass is 295 g/mol. The molecule has 2 rings (SSSR count). The number of rotatable bonds is 5. The smallest absolute Gasteiger partial charge is 0.0457 e. The largest absolute Gasteiger partial charge is 0.307 e. The first kappa shape index (κ1) is 16.2. The molecule has 0 aliphatic carbocycles. The van der Waals surface area contributed by atoms with Crippen molar-refractivity contribution in [2.75, 3.05) is 0 Å². The fourth-order valence-electron chi connectivity index (χ4n) is 2.09. The molecule has 0 saturated carbocycles. The topological polar surface area (TPSA) is 12.0 Å². The second-order valence-corrected chi connectivity index (χ2v) is 6.06. The first-order valence-corrected chi connectivity index (χ1v) is 7.38. The minimum Gasteiger partial charge on any atom is -0.307 e. The fourth-order valence-corrected chi connectivity index (χ4v) is 2.88. The third-order valence-electron chi connectivity index (χ3n) is 2.98. The quantitative estimate of drug-likeness (QED) is 0.838. The standard InChI is InChI=1S/C16H21NS.ClH/c1-12(2)17-15(16-5-4-10-18-16)11-14-8-6-13(3)7-9-14;/h4-10,12,15,17H,11H2,1-3H3;1H. The summed E-state index contributed by atoms with van der Waals surface area (Å²) in [5.74, 6) is 0. The molecule has 0 radical (unpaired) electrons. The average molecular weight is 296 g/mol. The molecule has 0 spiro atoms. The van der Waals surface area contributed by atoms with Crippen molar-refractivity contribution in [1.29, 1.82) is 0 Å². The molecule has 1 aromatic carbocycles. The normalized spacial score (nSPS) is 12.2. The summed E-state index contributed by atoms with van der Waals surface area (Å²) in [6.45, 7) is 6.54. The van der Waals surface area contributed by atoms with E-state index in [0.29, 0.717) is 12.1 Å². The van der Waals surface area contributed by atoms with Crippen molar-refractivity contribution in [1.82, 2.24) is 5.32 Å². The second-order valence-electron chi connectivity index (χ2n) is 5.08. The highest BCUT2D eigenvalue weighted by Gasteiger charge is 2.14.